The molecular formula is C32H58Ge2O2Si2. The van der Waals surface area contributed by atoms with Gasteiger partial charge in [-0.25, -0.2) is 0 Å². The van der Waals surface area contributed by atoms with Crippen LogP contribution >= 0.6 is 0 Å². The zero-order valence-corrected chi connectivity index (χ0v) is 34.3. The molecule has 38 heavy (non-hydrogen) atoms. The summed E-state index contributed by atoms with van der Waals surface area (Å²) in [5.41, 5.74) is 5.36. The molecule has 0 spiro atoms. The number of rotatable bonds is 7. The third-order valence-electron chi connectivity index (χ3n) is 6.63. The van der Waals surface area contributed by atoms with Crippen molar-refractivity contribution in [3.05, 3.63) is 35.4 Å². The molecule has 2 aromatic rings. The Bertz CT molecular complexity index is 1070. The van der Waals surface area contributed by atoms with Crippen LogP contribution in [-0.4, -0.2) is 43.4 Å². The zero-order chi connectivity index (χ0) is 29.9. The van der Waals surface area contributed by atoms with Crippen LogP contribution < -0.4 is 17.9 Å². The van der Waals surface area contributed by atoms with Gasteiger partial charge >= 0.3 is 245 Å². The van der Waals surface area contributed by atoms with Crippen molar-refractivity contribution >= 4 is 53.7 Å². The standard InChI is InChI=1S/C32H58Ge2O2Si2/c1-31(2,3)23-19-25(29(35-33(7,8)9)27(21-23)37(13,14)15)26-20-24(32(4,5)6)22-28(38(16,17)18)30(26)36-34(10,11)12/h19-22H,1-18H3. The first kappa shape index (κ1) is 33.8. The van der Waals surface area contributed by atoms with Crippen LogP contribution in [0.3, 0.4) is 0 Å². The predicted octanol–water partition coefficient (Wildman–Crippen LogP) is 9.47. The summed E-state index contributed by atoms with van der Waals surface area (Å²) in [6.45, 7) is 28.8. The SMILES string of the molecule is CC(C)(C)c1cc(-c2cc(C(C)(C)C)cc([Si](C)(C)C)c2[O][Ge]([CH3])([CH3])[CH3])c([O][Ge]([CH3])([CH3])[CH3])c([Si](C)(C)C)c1. The molecule has 0 aliphatic carbocycles. The Labute approximate surface area is 244 Å². The minimum absolute atomic E-state index is 0.0386. The molecule has 2 nitrogen and oxygen atoms in total. The first-order chi connectivity index (χ1) is 16.6. The molecule has 0 heterocycles. The fraction of sp³-hybridized carbons (Fsp3) is 0.625. The van der Waals surface area contributed by atoms with Gasteiger partial charge in [-0.3, -0.25) is 0 Å². The molecule has 0 saturated heterocycles. The molecule has 0 amide bonds. The summed E-state index contributed by atoms with van der Waals surface area (Å²) in [6.07, 6.45) is 0. The number of benzene rings is 2. The van der Waals surface area contributed by atoms with Crippen molar-refractivity contribution in [1.29, 1.82) is 0 Å². The van der Waals surface area contributed by atoms with Gasteiger partial charge in [0, 0.05) is 0 Å². The van der Waals surface area contributed by atoms with Gasteiger partial charge < -0.3 is 0 Å². The zero-order valence-electron chi connectivity index (χ0n) is 28.1. The number of hydrogen-bond donors (Lipinski definition) is 0. The Hall–Kier alpha value is -0.441. The van der Waals surface area contributed by atoms with Crippen LogP contribution in [0.1, 0.15) is 52.7 Å². The van der Waals surface area contributed by atoms with Crippen molar-refractivity contribution in [2.24, 2.45) is 0 Å². The average molecular weight is 676 g/mol. The predicted molar refractivity (Wildman–Crippen MR) is 183 cm³/mol. The summed E-state index contributed by atoms with van der Waals surface area (Å²) in [6, 6.07) is 9.86. The summed E-state index contributed by atoms with van der Waals surface area (Å²) in [5.74, 6) is 16.4. The molecule has 2 aromatic carbocycles. The van der Waals surface area contributed by atoms with Gasteiger partial charge in [-0.2, -0.15) is 0 Å². The second kappa shape index (κ2) is 10.8. The summed E-state index contributed by atoms with van der Waals surface area (Å²) in [7, 11) is -3.46. The van der Waals surface area contributed by atoms with Crippen LogP contribution in [0.4, 0.5) is 0 Å². The van der Waals surface area contributed by atoms with Crippen LogP contribution in [0, 0.1) is 0 Å². The van der Waals surface area contributed by atoms with Crippen molar-refractivity contribution in [2.75, 3.05) is 0 Å². The third-order valence-corrected chi connectivity index (χ3v) is 14.0. The molecule has 0 unspecified atom stereocenters. The quantitative estimate of drug-likeness (QED) is 0.272. The van der Waals surface area contributed by atoms with E-state index < -0.39 is 43.4 Å². The van der Waals surface area contributed by atoms with E-state index >= 15 is 0 Å². The van der Waals surface area contributed by atoms with Gasteiger partial charge in [0.05, 0.1) is 0 Å². The minimum atomic E-state index is -2.46. The van der Waals surface area contributed by atoms with E-state index in [9.17, 15) is 0 Å². The molecule has 0 N–H and O–H groups in total. The maximum absolute atomic E-state index is 7.14. The van der Waals surface area contributed by atoms with Crippen molar-refractivity contribution in [3.63, 3.8) is 0 Å². The van der Waals surface area contributed by atoms with E-state index in [1.54, 1.807) is 0 Å². The van der Waals surface area contributed by atoms with E-state index in [2.05, 4.69) is 140 Å². The van der Waals surface area contributed by atoms with Gasteiger partial charge in [-0.15, -0.1) is 0 Å². The number of hydrogen-bond acceptors (Lipinski definition) is 2. The molecule has 0 radical (unpaired) electrons. The monoisotopic (exact) mass is 678 g/mol. The molecule has 0 aliphatic rings. The molecule has 2 rings (SSSR count). The Balaban J connectivity index is 3.30. The van der Waals surface area contributed by atoms with Gasteiger partial charge in [0.1, 0.15) is 0 Å². The van der Waals surface area contributed by atoms with Gasteiger partial charge in [-0.05, 0) is 0 Å². The molecule has 214 valence electrons. The van der Waals surface area contributed by atoms with Crippen LogP contribution in [-0.2, 0) is 10.8 Å². The molecule has 0 saturated carbocycles. The van der Waals surface area contributed by atoms with E-state index in [1.165, 1.54) is 32.6 Å². The van der Waals surface area contributed by atoms with Crippen molar-refractivity contribution in [3.8, 4) is 22.6 Å². The van der Waals surface area contributed by atoms with Crippen LogP contribution in [0.25, 0.3) is 11.1 Å². The third kappa shape index (κ3) is 8.78. The van der Waals surface area contributed by atoms with Crippen LogP contribution in [0.2, 0.25) is 73.8 Å². The molecule has 0 aromatic heterocycles. The summed E-state index contributed by atoms with van der Waals surface area (Å²) < 4.78 is 14.3. The van der Waals surface area contributed by atoms with E-state index in [1.807, 2.05) is 0 Å². The van der Waals surface area contributed by atoms with Crippen LogP contribution in [0.5, 0.6) is 11.5 Å². The van der Waals surface area contributed by atoms with Crippen LogP contribution in [0.15, 0.2) is 24.3 Å². The van der Waals surface area contributed by atoms with Crippen molar-refractivity contribution in [1.82, 2.24) is 0 Å². The Morgan fingerprint density at radius 2 is 0.763 bits per heavy atom. The Morgan fingerprint density at radius 3 is 0.947 bits per heavy atom. The first-order valence-electron chi connectivity index (χ1n) is 14.4. The van der Waals surface area contributed by atoms with E-state index in [0.717, 1.165) is 11.5 Å². The van der Waals surface area contributed by atoms with E-state index in [0.29, 0.717) is 0 Å². The van der Waals surface area contributed by atoms with Gasteiger partial charge in [0.2, 0.25) is 0 Å². The molecule has 0 fully saturated rings. The van der Waals surface area contributed by atoms with E-state index in [4.69, 9.17) is 7.53 Å². The maximum atomic E-state index is 7.14. The molecule has 0 aliphatic heterocycles. The normalized spacial score (nSPS) is 14.1. The molecule has 0 bridgehead atoms. The second-order valence-electron chi connectivity index (χ2n) is 17.2. The molecular weight excluding hydrogens is 618 g/mol. The fourth-order valence-corrected chi connectivity index (χ4v) is 11.3. The topological polar surface area (TPSA) is 18.5 Å². The average Bonchev–Trinajstić information content (AvgIpc) is 2.62. The summed E-state index contributed by atoms with van der Waals surface area (Å²) in [5, 5.41) is 2.89. The summed E-state index contributed by atoms with van der Waals surface area (Å²) >= 11 is -4.91. The molecule has 6 heteroatoms. The fourth-order valence-electron chi connectivity index (χ4n) is 4.47. The second-order valence-corrected chi connectivity index (χ2v) is 45.9. The first-order valence-corrected chi connectivity index (χ1v) is 35.7. The van der Waals surface area contributed by atoms with E-state index in [-0.39, 0.29) is 10.8 Å². The van der Waals surface area contributed by atoms with Gasteiger partial charge in [0.15, 0.2) is 0 Å². The van der Waals surface area contributed by atoms with Gasteiger partial charge in [-0.1, -0.05) is 0 Å². The Kier molecular flexibility index (Phi) is 9.56. The summed E-state index contributed by atoms with van der Waals surface area (Å²) in [4.78, 5) is 0. The van der Waals surface area contributed by atoms with Gasteiger partial charge in [0.25, 0.3) is 0 Å². The molecule has 0 atom stereocenters. The van der Waals surface area contributed by atoms with Crippen molar-refractivity contribution in [2.45, 2.75) is 126 Å². The van der Waals surface area contributed by atoms with Crippen molar-refractivity contribution < 1.29 is 7.53 Å². The Morgan fingerprint density at radius 1 is 0.500 bits per heavy atom.